The lowest BCUT2D eigenvalue weighted by Crippen LogP contribution is -2.15. The molecule has 0 radical (unpaired) electrons. The Morgan fingerprint density at radius 1 is 1.04 bits per heavy atom. The van der Waals surface area contributed by atoms with Crippen molar-refractivity contribution in [1.29, 1.82) is 0 Å². The fourth-order valence-corrected chi connectivity index (χ4v) is 3.21. The average molecular weight is 361 g/mol. The quantitative estimate of drug-likeness (QED) is 0.738. The number of hydrogen-bond donors (Lipinski definition) is 3. The minimum absolute atomic E-state index is 0.237. The molecule has 1 amide bonds. The summed E-state index contributed by atoms with van der Waals surface area (Å²) in [4.78, 5) is 12.5. The number of carbonyl (C=O) groups excluding carboxylic acids is 1. The molecule has 0 heterocycles. The van der Waals surface area contributed by atoms with Crippen LogP contribution >= 0.6 is 0 Å². The Kier molecular flexibility index (Phi) is 5.81. The average Bonchev–Trinajstić information content (AvgIpc) is 2.49. The molecule has 0 spiro atoms. The van der Waals surface area contributed by atoms with Gasteiger partial charge in [-0.15, -0.1) is 0 Å². The number of nitrogens with one attached hydrogen (secondary N) is 3. The van der Waals surface area contributed by atoms with E-state index in [2.05, 4.69) is 15.4 Å². The van der Waals surface area contributed by atoms with Gasteiger partial charge in [-0.3, -0.25) is 9.52 Å². The number of aryl methyl sites for hydroxylation is 2. The van der Waals surface area contributed by atoms with E-state index in [1.165, 1.54) is 5.56 Å². The molecule has 0 unspecified atom stereocenters. The highest BCUT2D eigenvalue weighted by atomic mass is 32.2. The summed E-state index contributed by atoms with van der Waals surface area (Å²) < 4.78 is 25.0. The standard InChI is InChI=1S/C18H23N3O3S/c1-12-8-14(9-13(2)17(12)11-19-3)18(22)20-15-6-5-7-16(10-15)21-25(4,23)24/h5-10,19,21H,11H2,1-4H3,(H,20,22). The Morgan fingerprint density at radius 2 is 1.64 bits per heavy atom. The topological polar surface area (TPSA) is 87.3 Å². The number of anilines is 2. The lowest BCUT2D eigenvalue weighted by molar-refractivity contribution is 0.102. The molecule has 2 aromatic carbocycles. The molecule has 0 aliphatic carbocycles. The highest BCUT2D eigenvalue weighted by Gasteiger charge is 2.11. The smallest absolute Gasteiger partial charge is 0.255 e. The largest absolute Gasteiger partial charge is 0.322 e. The molecule has 0 aliphatic heterocycles. The second kappa shape index (κ2) is 7.67. The number of rotatable bonds is 6. The highest BCUT2D eigenvalue weighted by molar-refractivity contribution is 7.92. The van der Waals surface area contributed by atoms with Crippen molar-refractivity contribution in [3.8, 4) is 0 Å². The normalized spacial score (nSPS) is 11.2. The number of amides is 1. The number of benzene rings is 2. The minimum Gasteiger partial charge on any atom is -0.322 e. The first-order valence-corrected chi connectivity index (χ1v) is 9.72. The SMILES string of the molecule is CNCc1c(C)cc(C(=O)Nc2cccc(NS(C)(=O)=O)c2)cc1C. The molecule has 2 aromatic rings. The van der Waals surface area contributed by atoms with Crippen LogP contribution in [0.2, 0.25) is 0 Å². The lowest BCUT2D eigenvalue weighted by Gasteiger charge is -2.13. The van der Waals surface area contributed by atoms with Crippen molar-refractivity contribution in [2.24, 2.45) is 0 Å². The monoisotopic (exact) mass is 361 g/mol. The van der Waals surface area contributed by atoms with Crippen LogP contribution < -0.4 is 15.4 Å². The van der Waals surface area contributed by atoms with Gasteiger partial charge >= 0.3 is 0 Å². The summed E-state index contributed by atoms with van der Waals surface area (Å²) in [6.07, 6.45) is 1.08. The molecule has 0 fully saturated rings. The second-order valence-electron chi connectivity index (χ2n) is 6.03. The van der Waals surface area contributed by atoms with Crippen LogP contribution in [0.15, 0.2) is 36.4 Å². The highest BCUT2D eigenvalue weighted by Crippen LogP contribution is 2.20. The Hall–Kier alpha value is -2.38. The molecule has 0 aromatic heterocycles. The predicted octanol–water partition coefficient (Wildman–Crippen LogP) is 2.65. The molecule has 0 bridgehead atoms. The fourth-order valence-electron chi connectivity index (χ4n) is 2.66. The van der Waals surface area contributed by atoms with Gasteiger partial charge in [-0.25, -0.2) is 8.42 Å². The van der Waals surface area contributed by atoms with Crippen LogP contribution in [0.1, 0.15) is 27.0 Å². The summed E-state index contributed by atoms with van der Waals surface area (Å²) in [6.45, 7) is 4.71. The number of carbonyl (C=O) groups is 1. The van der Waals surface area contributed by atoms with Crippen molar-refractivity contribution in [3.63, 3.8) is 0 Å². The van der Waals surface area contributed by atoms with Gasteiger partial charge in [0, 0.05) is 17.8 Å². The van der Waals surface area contributed by atoms with Crippen molar-refractivity contribution in [1.82, 2.24) is 5.32 Å². The Bertz CT molecular complexity index is 869. The van der Waals surface area contributed by atoms with Crippen LogP contribution in [-0.2, 0) is 16.6 Å². The Morgan fingerprint density at radius 3 is 2.20 bits per heavy atom. The zero-order chi connectivity index (χ0) is 18.6. The van der Waals surface area contributed by atoms with E-state index < -0.39 is 10.0 Å². The van der Waals surface area contributed by atoms with Gasteiger partial charge in [0.15, 0.2) is 0 Å². The van der Waals surface area contributed by atoms with Crippen LogP contribution in [0, 0.1) is 13.8 Å². The summed E-state index contributed by atoms with van der Waals surface area (Å²) in [5, 5.41) is 5.92. The van der Waals surface area contributed by atoms with Crippen LogP contribution in [0.5, 0.6) is 0 Å². The summed E-state index contributed by atoms with van der Waals surface area (Å²) in [7, 11) is -1.48. The zero-order valence-electron chi connectivity index (χ0n) is 14.8. The molecular formula is C18H23N3O3S. The molecule has 0 atom stereocenters. The molecular weight excluding hydrogens is 338 g/mol. The van der Waals surface area contributed by atoms with Gasteiger partial charge in [0.25, 0.3) is 5.91 Å². The van der Waals surface area contributed by atoms with Crippen LogP contribution in [0.4, 0.5) is 11.4 Å². The number of sulfonamides is 1. The van der Waals surface area contributed by atoms with Crippen LogP contribution in [-0.4, -0.2) is 27.6 Å². The maximum atomic E-state index is 12.5. The van der Waals surface area contributed by atoms with Crippen molar-refractivity contribution in [2.45, 2.75) is 20.4 Å². The van der Waals surface area contributed by atoms with Gasteiger partial charge in [0.05, 0.1) is 11.9 Å². The van der Waals surface area contributed by atoms with Gasteiger partial charge in [0.2, 0.25) is 10.0 Å². The lowest BCUT2D eigenvalue weighted by atomic mass is 9.99. The van der Waals surface area contributed by atoms with Gasteiger partial charge < -0.3 is 10.6 Å². The van der Waals surface area contributed by atoms with Gasteiger partial charge in [-0.05, 0) is 67.9 Å². The Labute approximate surface area is 148 Å². The van der Waals surface area contributed by atoms with E-state index in [1.807, 2.05) is 33.0 Å². The van der Waals surface area contributed by atoms with Gasteiger partial charge in [0.1, 0.15) is 0 Å². The summed E-state index contributed by atoms with van der Waals surface area (Å²) in [6, 6.07) is 10.3. The van der Waals surface area contributed by atoms with E-state index >= 15 is 0 Å². The van der Waals surface area contributed by atoms with E-state index in [-0.39, 0.29) is 5.91 Å². The third-order valence-corrected chi connectivity index (χ3v) is 4.34. The first-order valence-electron chi connectivity index (χ1n) is 7.83. The maximum Gasteiger partial charge on any atom is 0.255 e. The van der Waals surface area contributed by atoms with Crippen molar-refractivity contribution in [3.05, 3.63) is 58.7 Å². The molecule has 0 aliphatic rings. The van der Waals surface area contributed by atoms with Gasteiger partial charge in [-0.1, -0.05) is 6.07 Å². The first kappa shape index (κ1) is 19.0. The number of hydrogen-bond acceptors (Lipinski definition) is 4. The van der Waals surface area contributed by atoms with E-state index in [0.29, 0.717) is 16.9 Å². The van der Waals surface area contributed by atoms with Crippen LogP contribution in [0.3, 0.4) is 0 Å². The van der Waals surface area contributed by atoms with Crippen molar-refractivity contribution < 1.29 is 13.2 Å². The van der Waals surface area contributed by atoms with Gasteiger partial charge in [-0.2, -0.15) is 0 Å². The summed E-state index contributed by atoms with van der Waals surface area (Å²) in [5.74, 6) is -0.237. The fraction of sp³-hybridized carbons (Fsp3) is 0.278. The second-order valence-corrected chi connectivity index (χ2v) is 7.78. The molecule has 0 saturated carbocycles. The maximum absolute atomic E-state index is 12.5. The third kappa shape index (κ3) is 5.30. The molecule has 25 heavy (non-hydrogen) atoms. The van der Waals surface area contributed by atoms with Crippen molar-refractivity contribution in [2.75, 3.05) is 23.3 Å². The molecule has 7 heteroatoms. The van der Waals surface area contributed by atoms with Crippen LogP contribution in [0.25, 0.3) is 0 Å². The van der Waals surface area contributed by atoms with Crippen molar-refractivity contribution >= 4 is 27.3 Å². The molecule has 134 valence electrons. The minimum atomic E-state index is -3.36. The zero-order valence-corrected chi connectivity index (χ0v) is 15.6. The first-order chi connectivity index (χ1) is 11.7. The third-order valence-electron chi connectivity index (χ3n) is 3.74. The molecule has 2 rings (SSSR count). The Balaban J connectivity index is 2.21. The predicted molar refractivity (Wildman–Crippen MR) is 102 cm³/mol. The summed E-state index contributed by atoms with van der Waals surface area (Å²) >= 11 is 0. The molecule has 6 nitrogen and oxygen atoms in total. The van der Waals surface area contributed by atoms with E-state index in [0.717, 1.165) is 23.9 Å². The summed E-state index contributed by atoms with van der Waals surface area (Å²) in [5.41, 5.74) is 4.76. The molecule has 3 N–H and O–H groups in total. The van der Waals surface area contributed by atoms with E-state index in [9.17, 15) is 13.2 Å². The molecule has 0 saturated heterocycles. The van der Waals surface area contributed by atoms with E-state index in [1.54, 1.807) is 24.3 Å². The van der Waals surface area contributed by atoms with E-state index in [4.69, 9.17) is 0 Å².